The van der Waals surface area contributed by atoms with Gasteiger partial charge in [-0.05, 0) is 24.1 Å². The van der Waals surface area contributed by atoms with Crippen LogP contribution in [-0.2, 0) is 0 Å². The number of rotatable bonds is 1. The van der Waals surface area contributed by atoms with Gasteiger partial charge in [-0.1, -0.05) is 18.7 Å². The fourth-order valence-electron chi connectivity index (χ4n) is 0.818. The average molecular weight is 132 g/mol. The van der Waals surface area contributed by atoms with E-state index in [1.54, 1.807) is 6.08 Å². The van der Waals surface area contributed by atoms with Crippen LogP contribution >= 0.6 is 0 Å². The van der Waals surface area contributed by atoms with Gasteiger partial charge < -0.3 is 5.32 Å². The molecule has 1 heterocycles. The highest BCUT2D eigenvalue weighted by atomic mass is 14.8. The molecule has 0 fully saturated rings. The van der Waals surface area contributed by atoms with Gasteiger partial charge in [-0.3, -0.25) is 0 Å². The monoisotopic (exact) mass is 132 g/mol. The number of allylic oxidation sites excluding steroid dienone is 5. The Morgan fingerprint density at radius 1 is 1.50 bits per heavy atom. The van der Waals surface area contributed by atoms with Crippen LogP contribution in [0.3, 0.4) is 0 Å². The van der Waals surface area contributed by atoms with Crippen molar-refractivity contribution in [1.82, 2.24) is 5.32 Å². The minimum Gasteiger partial charge on any atom is -0.367 e. The fourth-order valence-corrected chi connectivity index (χ4v) is 0.818. The van der Waals surface area contributed by atoms with Gasteiger partial charge in [-0.2, -0.15) is 0 Å². The van der Waals surface area contributed by atoms with Crippen molar-refractivity contribution in [3.63, 3.8) is 0 Å². The van der Waals surface area contributed by atoms with E-state index >= 15 is 0 Å². The second-order valence-corrected chi connectivity index (χ2v) is 1.96. The molecule has 0 spiro atoms. The van der Waals surface area contributed by atoms with Crippen molar-refractivity contribution in [3.8, 4) is 0 Å². The summed E-state index contributed by atoms with van der Waals surface area (Å²) in [4.78, 5) is 0. The maximum Gasteiger partial charge on any atom is 0.00832 e. The first-order chi connectivity index (χ1) is 4.88. The summed E-state index contributed by atoms with van der Waals surface area (Å²) in [7, 11) is 0. The molecule has 1 aliphatic rings. The molecule has 0 aromatic rings. The number of hydrogen-bond acceptors (Lipinski definition) is 1. The molecule has 0 amide bonds. The molecular formula is C9H10N. The van der Waals surface area contributed by atoms with Crippen LogP contribution in [-0.4, -0.2) is 0 Å². The third kappa shape index (κ3) is 1.18. The molecule has 0 saturated carbocycles. The van der Waals surface area contributed by atoms with Crippen LogP contribution < -0.4 is 5.32 Å². The van der Waals surface area contributed by atoms with E-state index in [0.717, 1.165) is 11.1 Å². The van der Waals surface area contributed by atoms with E-state index in [4.69, 9.17) is 0 Å². The van der Waals surface area contributed by atoms with Crippen LogP contribution in [0.5, 0.6) is 0 Å². The second kappa shape index (κ2) is 3.06. The Balaban J connectivity index is 2.89. The number of dihydropyridines is 1. The van der Waals surface area contributed by atoms with Crippen molar-refractivity contribution in [2.24, 2.45) is 0 Å². The Kier molecular flexibility index (Phi) is 2.11. The summed E-state index contributed by atoms with van der Waals surface area (Å²) < 4.78 is 0. The van der Waals surface area contributed by atoms with Gasteiger partial charge in [0.2, 0.25) is 0 Å². The first kappa shape index (κ1) is 6.87. The Hall–Kier alpha value is -1.24. The predicted molar refractivity (Wildman–Crippen MR) is 44.0 cm³/mol. The molecule has 0 bridgehead atoms. The zero-order valence-electron chi connectivity index (χ0n) is 5.80. The molecule has 0 saturated heterocycles. The van der Waals surface area contributed by atoms with Crippen LogP contribution in [0.15, 0.2) is 48.4 Å². The van der Waals surface area contributed by atoms with Crippen LogP contribution in [0.2, 0.25) is 0 Å². The van der Waals surface area contributed by atoms with Gasteiger partial charge in [0.15, 0.2) is 0 Å². The third-order valence-corrected chi connectivity index (χ3v) is 1.37. The lowest BCUT2D eigenvalue weighted by Crippen LogP contribution is -2.01. The Labute approximate surface area is 61.4 Å². The summed E-state index contributed by atoms with van der Waals surface area (Å²) in [6, 6.07) is 0. The van der Waals surface area contributed by atoms with Crippen molar-refractivity contribution < 1.29 is 0 Å². The van der Waals surface area contributed by atoms with E-state index < -0.39 is 0 Å². The minimum absolute atomic E-state index is 1.08. The van der Waals surface area contributed by atoms with E-state index in [1.165, 1.54) is 0 Å². The molecular weight excluding hydrogens is 122 g/mol. The molecule has 0 aliphatic carbocycles. The fraction of sp³-hybridized carbons (Fsp3) is 0. The molecule has 10 heavy (non-hydrogen) atoms. The van der Waals surface area contributed by atoms with E-state index in [2.05, 4.69) is 18.8 Å². The van der Waals surface area contributed by atoms with Crippen LogP contribution in [0.4, 0.5) is 0 Å². The third-order valence-electron chi connectivity index (χ3n) is 1.37. The highest BCUT2D eigenvalue weighted by Crippen LogP contribution is 2.13. The van der Waals surface area contributed by atoms with Gasteiger partial charge in [-0.15, -0.1) is 0 Å². The summed E-state index contributed by atoms with van der Waals surface area (Å²) in [6.07, 6.45) is 9.33. The van der Waals surface area contributed by atoms with Crippen LogP contribution in [0.25, 0.3) is 0 Å². The van der Waals surface area contributed by atoms with Crippen molar-refractivity contribution in [3.05, 3.63) is 55.3 Å². The van der Waals surface area contributed by atoms with Crippen molar-refractivity contribution in [2.75, 3.05) is 0 Å². The predicted octanol–water partition coefficient (Wildman–Crippen LogP) is 1.93. The van der Waals surface area contributed by atoms with E-state index in [0.29, 0.717) is 0 Å². The van der Waals surface area contributed by atoms with Gasteiger partial charge in [-0.25, -0.2) is 0 Å². The van der Waals surface area contributed by atoms with Crippen LogP contribution in [0.1, 0.15) is 0 Å². The molecule has 0 aromatic carbocycles. The summed E-state index contributed by atoms with van der Waals surface area (Å²) >= 11 is 0. The summed E-state index contributed by atoms with van der Waals surface area (Å²) in [5.74, 6) is 0. The SMILES string of the molecule is [CH2]/C=C1/C=CNC=C1C=C. The lowest BCUT2D eigenvalue weighted by molar-refractivity contribution is 1.14. The van der Waals surface area contributed by atoms with Crippen LogP contribution in [0, 0.1) is 6.92 Å². The first-order valence-electron chi connectivity index (χ1n) is 3.13. The summed E-state index contributed by atoms with van der Waals surface area (Å²) in [5, 5.41) is 2.97. The number of nitrogens with one attached hydrogen (secondary N) is 1. The summed E-state index contributed by atoms with van der Waals surface area (Å²) in [6.45, 7) is 7.35. The molecule has 0 unspecified atom stereocenters. The van der Waals surface area contributed by atoms with Gasteiger partial charge in [0.1, 0.15) is 0 Å². The van der Waals surface area contributed by atoms with E-state index in [9.17, 15) is 0 Å². The largest absolute Gasteiger partial charge is 0.367 e. The smallest absolute Gasteiger partial charge is 0.00832 e. The Bertz CT molecular complexity index is 219. The quantitative estimate of drug-likeness (QED) is 0.575. The standard InChI is InChI=1S/C9H10N/c1-3-8-5-6-10-7-9(8)4-2/h3-7,10H,1-2H2/b8-3-. The molecule has 1 nitrogen and oxygen atoms in total. The normalized spacial score (nSPS) is 20.1. The summed E-state index contributed by atoms with van der Waals surface area (Å²) in [5.41, 5.74) is 2.19. The van der Waals surface area contributed by atoms with E-state index in [-0.39, 0.29) is 0 Å². The van der Waals surface area contributed by atoms with Gasteiger partial charge in [0, 0.05) is 12.4 Å². The Morgan fingerprint density at radius 3 is 2.80 bits per heavy atom. The molecule has 51 valence electrons. The zero-order valence-corrected chi connectivity index (χ0v) is 5.80. The molecule has 1 aliphatic heterocycles. The average Bonchev–Trinajstić information content (AvgIpc) is 2.04. The maximum absolute atomic E-state index is 3.68. The molecule has 1 heteroatoms. The zero-order chi connectivity index (χ0) is 7.40. The van der Waals surface area contributed by atoms with Gasteiger partial charge >= 0.3 is 0 Å². The molecule has 0 aromatic heterocycles. The minimum atomic E-state index is 1.08. The molecule has 0 atom stereocenters. The molecule has 1 N–H and O–H groups in total. The highest BCUT2D eigenvalue weighted by molar-refractivity contribution is 5.47. The van der Waals surface area contributed by atoms with Crippen molar-refractivity contribution >= 4 is 0 Å². The second-order valence-electron chi connectivity index (χ2n) is 1.96. The highest BCUT2D eigenvalue weighted by Gasteiger charge is 1.98. The van der Waals surface area contributed by atoms with Gasteiger partial charge in [0.05, 0.1) is 0 Å². The lowest BCUT2D eigenvalue weighted by Gasteiger charge is -2.07. The first-order valence-corrected chi connectivity index (χ1v) is 3.13. The maximum atomic E-state index is 3.68. The van der Waals surface area contributed by atoms with Gasteiger partial charge in [0.25, 0.3) is 0 Å². The van der Waals surface area contributed by atoms with Crippen molar-refractivity contribution in [1.29, 1.82) is 0 Å². The molecule has 1 rings (SSSR count). The molecule has 1 radical (unpaired) electrons. The van der Waals surface area contributed by atoms with Crippen molar-refractivity contribution in [2.45, 2.75) is 0 Å². The Morgan fingerprint density at radius 2 is 2.30 bits per heavy atom. The number of hydrogen-bond donors (Lipinski definition) is 1. The van der Waals surface area contributed by atoms with E-state index in [1.807, 2.05) is 24.6 Å². The lowest BCUT2D eigenvalue weighted by atomic mass is 10.1. The topological polar surface area (TPSA) is 12.0 Å².